The fourth-order valence-corrected chi connectivity index (χ4v) is 2.54. The summed E-state index contributed by atoms with van der Waals surface area (Å²) in [5, 5.41) is 6.33. The molecule has 1 aromatic rings. The van der Waals surface area contributed by atoms with Gasteiger partial charge in [-0.1, -0.05) is 6.92 Å². The zero-order chi connectivity index (χ0) is 13.9. The fourth-order valence-electron chi connectivity index (χ4n) is 2.54. The first-order chi connectivity index (χ1) is 9.10. The highest BCUT2D eigenvalue weighted by atomic mass is 16.1. The minimum Gasteiger partial charge on any atom is -0.397 e. The molecule has 1 saturated carbocycles. The molecular formula is C15H23N3O. The van der Waals surface area contributed by atoms with Gasteiger partial charge in [0.25, 0.3) is 5.91 Å². The summed E-state index contributed by atoms with van der Waals surface area (Å²) in [7, 11) is 0. The second-order valence-electron chi connectivity index (χ2n) is 5.27. The minimum atomic E-state index is -0.0744. The quantitative estimate of drug-likeness (QED) is 0.714. The van der Waals surface area contributed by atoms with E-state index in [2.05, 4.69) is 17.6 Å². The van der Waals surface area contributed by atoms with Crippen molar-refractivity contribution in [2.24, 2.45) is 0 Å². The van der Waals surface area contributed by atoms with Crippen LogP contribution in [-0.4, -0.2) is 18.0 Å². The van der Waals surface area contributed by atoms with Crippen molar-refractivity contribution in [3.63, 3.8) is 0 Å². The molecule has 0 spiro atoms. The maximum atomic E-state index is 11.7. The molecule has 0 aliphatic heterocycles. The van der Waals surface area contributed by atoms with Gasteiger partial charge in [0, 0.05) is 17.6 Å². The lowest BCUT2D eigenvalue weighted by atomic mass is 9.74. The maximum absolute atomic E-state index is 11.7. The Hall–Kier alpha value is -1.71. The number of carbonyl (C=O) groups excluding carboxylic acids is 1. The Balaban J connectivity index is 2.13. The average molecular weight is 261 g/mol. The fraction of sp³-hybridized carbons (Fsp3) is 0.533. The van der Waals surface area contributed by atoms with Gasteiger partial charge in [0.05, 0.1) is 11.4 Å². The first kappa shape index (κ1) is 13.7. The molecule has 0 heterocycles. The molecule has 0 radical (unpaired) electrons. The van der Waals surface area contributed by atoms with Gasteiger partial charge in [-0.2, -0.15) is 0 Å². The SMILES string of the molecule is CCNC(=O)c1ccc(NC2(CC)CCC2)c(N)c1. The van der Waals surface area contributed by atoms with E-state index in [1.807, 2.05) is 19.1 Å². The van der Waals surface area contributed by atoms with Crippen LogP contribution in [-0.2, 0) is 0 Å². The van der Waals surface area contributed by atoms with Gasteiger partial charge in [0.2, 0.25) is 0 Å². The Morgan fingerprint density at radius 3 is 2.58 bits per heavy atom. The normalized spacial score (nSPS) is 16.5. The summed E-state index contributed by atoms with van der Waals surface area (Å²) in [4.78, 5) is 11.7. The van der Waals surface area contributed by atoms with E-state index in [1.165, 1.54) is 19.3 Å². The molecular weight excluding hydrogens is 238 g/mol. The van der Waals surface area contributed by atoms with Gasteiger partial charge in [-0.05, 0) is 50.8 Å². The largest absolute Gasteiger partial charge is 0.397 e. The first-order valence-electron chi connectivity index (χ1n) is 7.06. The first-order valence-corrected chi connectivity index (χ1v) is 7.06. The highest BCUT2D eigenvalue weighted by molar-refractivity contribution is 5.96. The highest BCUT2D eigenvalue weighted by Gasteiger charge is 2.35. The van der Waals surface area contributed by atoms with E-state index in [-0.39, 0.29) is 11.4 Å². The molecule has 19 heavy (non-hydrogen) atoms. The number of hydrogen-bond donors (Lipinski definition) is 3. The third-order valence-corrected chi connectivity index (χ3v) is 4.04. The van der Waals surface area contributed by atoms with Crippen LogP contribution in [0.2, 0.25) is 0 Å². The molecule has 1 amide bonds. The van der Waals surface area contributed by atoms with Gasteiger partial charge in [0.1, 0.15) is 0 Å². The van der Waals surface area contributed by atoms with Crippen molar-refractivity contribution in [1.29, 1.82) is 0 Å². The van der Waals surface area contributed by atoms with E-state index < -0.39 is 0 Å². The Morgan fingerprint density at radius 2 is 2.11 bits per heavy atom. The van der Waals surface area contributed by atoms with Gasteiger partial charge in [-0.3, -0.25) is 4.79 Å². The smallest absolute Gasteiger partial charge is 0.251 e. The molecule has 104 valence electrons. The molecule has 1 aromatic carbocycles. The average Bonchev–Trinajstić information content (AvgIpc) is 2.35. The molecule has 4 heteroatoms. The van der Waals surface area contributed by atoms with E-state index in [9.17, 15) is 4.79 Å². The predicted octanol–water partition coefficient (Wildman–Crippen LogP) is 2.76. The van der Waals surface area contributed by atoms with Crippen LogP contribution in [0.1, 0.15) is 49.9 Å². The summed E-state index contributed by atoms with van der Waals surface area (Å²) in [5.41, 5.74) is 8.46. The number of nitrogens with one attached hydrogen (secondary N) is 2. The topological polar surface area (TPSA) is 67.2 Å². The second-order valence-corrected chi connectivity index (χ2v) is 5.27. The number of carbonyl (C=O) groups is 1. The van der Waals surface area contributed by atoms with Gasteiger partial charge in [-0.15, -0.1) is 0 Å². The lowest BCUT2D eigenvalue weighted by Gasteiger charge is -2.43. The summed E-state index contributed by atoms with van der Waals surface area (Å²) < 4.78 is 0. The van der Waals surface area contributed by atoms with Crippen LogP contribution in [0.25, 0.3) is 0 Å². The monoisotopic (exact) mass is 261 g/mol. The van der Waals surface area contributed by atoms with E-state index in [0.29, 0.717) is 17.8 Å². The van der Waals surface area contributed by atoms with Crippen LogP contribution in [0.5, 0.6) is 0 Å². The van der Waals surface area contributed by atoms with Crippen LogP contribution in [0.4, 0.5) is 11.4 Å². The number of hydrogen-bond acceptors (Lipinski definition) is 3. The number of amides is 1. The Labute approximate surface area is 114 Å². The number of benzene rings is 1. The van der Waals surface area contributed by atoms with Crippen LogP contribution in [0.15, 0.2) is 18.2 Å². The van der Waals surface area contributed by atoms with Crippen molar-refractivity contribution < 1.29 is 4.79 Å². The van der Waals surface area contributed by atoms with Gasteiger partial charge < -0.3 is 16.4 Å². The number of nitrogen functional groups attached to an aromatic ring is 1. The number of nitrogens with two attached hydrogens (primary N) is 1. The second kappa shape index (κ2) is 5.51. The molecule has 2 rings (SSSR count). The zero-order valence-electron chi connectivity index (χ0n) is 11.8. The standard InChI is InChI=1S/C15H23N3O/c1-3-15(8-5-9-15)18-13-7-6-11(10-12(13)16)14(19)17-4-2/h6-7,10,18H,3-5,8-9,16H2,1-2H3,(H,17,19). The highest BCUT2D eigenvalue weighted by Crippen LogP contribution is 2.39. The van der Waals surface area contributed by atoms with Crippen LogP contribution in [0.3, 0.4) is 0 Å². The van der Waals surface area contributed by atoms with Crippen molar-refractivity contribution in [3.8, 4) is 0 Å². The summed E-state index contributed by atoms with van der Waals surface area (Å²) in [6.45, 7) is 4.72. The molecule has 0 saturated heterocycles. The van der Waals surface area contributed by atoms with E-state index in [4.69, 9.17) is 5.73 Å². The minimum absolute atomic E-state index is 0.0744. The molecule has 0 aromatic heterocycles. The lowest BCUT2D eigenvalue weighted by Crippen LogP contribution is -2.44. The Morgan fingerprint density at radius 1 is 1.37 bits per heavy atom. The van der Waals surface area contributed by atoms with Gasteiger partial charge >= 0.3 is 0 Å². The third-order valence-electron chi connectivity index (χ3n) is 4.04. The van der Waals surface area contributed by atoms with E-state index >= 15 is 0 Å². The lowest BCUT2D eigenvalue weighted by molar-refractivity contribution is 0.0956. The Bertz CT molecular complexity index is 461. The molecule has 0 bridgehead atoms. The Kier molecular flexibility index (Phi) is 3.98. The zero-order valence-corrected chi connectivity index (χ0v) is 11.8. The number of rotatable bonds is 5. The van der Waals surface area contributed by atoms with Crippen molar-refractivity contribution in [1.82, 2.24) is 5.32 Å². The molecule has 4 N–H and O–H groups in total. The van der Waals surface area contributed by atoms with Crippen molar-refractivity contribution in [2.45, 2.75) is 45.1 Å². The molecule has 1 fully saturated rings. The maximum Gasteiger partial charge on any atom is 0.251 e. The van der Waals surface area contributed by atoms with Crippen molar-refractivity contribution in [2.75, 3.05) is 17.6 Å². The summed E-state index contributed by atoms with van der Waals surface area (Å²) in [6.07, 6.45) is 4.77. The number of anilines is 2. The van der Waals surface area contributed by atoms with E-state index in [0.717, 1.165) is 12.1 Å². The van der Waals surface area contributed by atoms with Crippen LogP contribution >= 0.6 is 0 Å². The third kappa shape index (κ3) is 2.83. The molecule has 4 nitrogen and oxygen atoms in total. The summed E-state index contributed by atoms with van der Waals surface area (Å²) >= 11 is 0. The molecule has 1 aliphatic rings. The molecule has 0 unspecified atom stereocenters. The summed E-state index contributed by atoms with van der Waals surface area (Å²) in [5.74, 6) is -0.0744. The van der Waals surface area contributed by atoms with Crippen molar-refractivity contribution in [3.05, 3.63) is 23.8 Å². The van der Waals surface area contributed by atoms with Crippen LogP contribution in [0, 0.1) is 0 Å². The summed E-state index contributed by atoms with van der Waals surface area (Å²) in [6, 6.07) is 5.48. The van der Waals surface area contributed by atoms with Crippen molar-refractivity contribution >= 4 is 17.3 Å². The van der Waals surface area contributed by atoms with Gasteiger partial charge in [0.15, 0.2) is 0 Å². The van der Waals surface area contributed by atoms with Crippen LogP contribution < -0.4 is 16.4 Å². The molecule has 0 atom stereocenters. The van der Waals surface area contributed by atoms with E-state index in [1.54, 1.807) is 6.07 Å². The predicted molar refractivity (Wildman–Crippen MR) is 79.4 cm³/mol. The molecule has 1 aliphatic carbocycles. The van der Waals surface area contributed by atoms with Gasteiger partial charge in [-0.25, -0.2) is 0 Å².